The predicted octanol–water partition coefficient (Wildman–Crippen LogP) is -0.257. The van der Waals surface area contributed by atoms with Crippen LogP contribution in [-0.4, -0.2) is 29.1 Å². The van der Waals surface area contributed by atoms with Crippen LogP contribution in [0.15, 0.2) is 6.07 Å². The molecule has 0 aliphatic rings. The standard InChI is InChI=1S/C5H9ClN4O2S/c1-4-3-5(6)10(8-4)13(11,12)9(2)7/h3H,7H2,1-2H3. The summed E-state index contributed by atoms with van der Waals surface area (Å²) in [4.78, 5) is 0. The first-order valence-corrected chi connectivity index (χ1v) is 5.09. The number of hydrogen-bond acceptors (Lipinski definition) is 4. The number of nitrogens with zero attached hydrogens (tertiary/aromatic N) is 3. The zero-order valence-corrected chi connectivity index (χ0v) is 8.67. The van der Waals surface area contributed by atoms with E-state index in [1.54, 1.807) is 6.92 Å². The van der Waals surface area contributed by atoms with Crippen molar-refractivity contribution in [2.75, 3.05) is 7.05 Å². The van der Waals surface area contributed by atoms with Crippen molar-refractivity contribution in [1.82, 2.24) is 13.6 Å². The van der Waals surface area contributed by atoms with Crippen LogP contribution in [0.1, 0.15) is 5.69 Å². The Morgan fingerprint density at radius 2 is 2.23 bits per heavy atom. The average Bonchev–Trinajstić information content (AvgIpc) is 2.30. The Hall–Kier alpha value is -0.630. The Labute approximate surface area is 81.0 Å². The molecule has 1 rings (SSSR count). The van der Waals surface area contributed by atoms with Gasteiger partial charge in [0.2, 0.25) is 0 Å². The van der Waals surface area contributed by atoms with Crippen molar-refractivity contribution in [2.24, 2.45) is 5.84 Å². The molecule has 0 aliphatic heterocycles. The Balaban J connectivity index is 3.31. The molecule has 0 aromatic carbocycles. The van der Waals surface area contributed by atoms with Gasteiger partial charge in [0.1, 0.15) is 5.15 Å². The molecule has 0 amide bonds. The monoisotopic (exact) mass is 224 g/mol. The fourth-order valence-electron chi connectivity index (χ4n) is 0.731. The molecule has 0 saturated carbocycles. The zero-order valence-electron chi connectivity index (χ0n) is 7.10. The Kier molecular flexibility index (Phi) is 2.62. The van der Waals surface area contributed by atoms with Crippen LogP contribution in [-0.2, 0) is 10.2 Å². The Morgan fingerprint density at radius 3 is 2.54 bits per heavy atom. The highest BCUT2D eigenvalue weighted by Crippen LogP contribution is 2.13. The van der Waals surface area contributed by atoms with E-state index in [2.05, 4.69) is 5.10 Å². The van der Waals surface area contributed by atoms with Crippen LogP contribution in [0.25, 0.3) is 0 Å². The summed E-state index contributed by atoms with van der Waals surface area (Å²) in [6.45, 7) is 1.63. The van der Waals surface area contributed by atoms with Crippen molar-refractivity contribution >= 4 is 21.8 Å². The lowest BCUT2D eigenvalue weighted by Crippen LogP contribution is -2.38. The zero-order chi connectivity index (χ0) is 10.2. The maximum Gasteiger partial charge on any atom is 0.336 e. The molecule has 0 atom stereocenters. The van der Waals surface area contributed by atoms with Crippen LogP contribution < -0.4 is 5.84 Å². The summed E-state index contributed by atoms with van der Waals surface area (Å²) in [5.41, 5.74) is 0.510. The lowest BCUT2D eigenvalue weighted by Gasteiger charge is -2.10. The van der Waals surface area contributed by atoms with Gasteiger partial charge in [-0.1, -0.05) is 11.6 Å². The second kappa shape index (κ2) is 3.26. The lowest BCUT2D eigenvalue weighted by atomic mass is 10.5. The van der Waals surface area contributed by atoms with Gasteiger partial charge in [0.25, 0.3) is 0 Å². The molecule has 0 aliphatic carbocycles. The fraction of sp³-hybridized carbons (Fsp3) is 0.400. The minimum absolute atomic E-state index is 0.00907. The van der Waals surface area contributed by atoms with Crippen LogP contribution in [0, 0.1) is 6.92 Å². The second-order valence-electron chi connectivity index (χ2n) is 2.48. The number of hydrogen-bond donors (Lipinski definition) is 1. The van der Waals surface area contributed by atoms with E-state index in [0.29, 0.717) is 14.2 Å². The number of halogens is 1. The fourth-order valence-corrected chi connectivity index (χ4v) is 1.94. The summed E-state index contributed by atoms with van der Waals surface area (Å²) in [5.74, 6) is 5.11. The number of aryl methyl sites for hydroxylation is 1. The highest BCUT2D eigenvalue weighted by molar-refractivity contribution is 7.87. The molecular formula is C5H9ClN4O2S. The van der Waals surface area contributed by atoms with Crippen molar-refractivity contribution in [3.05, 3.63) is 16.9 Å². The molecule has 6 nitrogen and oxygen atoms in total. The lowest BCUT2D eigenvalue weighted by molar-refractivity contribution is 0.471. The van der Waals surface area contributed by atoms with Crippen molar-refractivity contribution in [2.45, 2.75) is 6.92 Å². The number of hydrazine groups is 1. The van der Waals surface area contributed by atoms with Gasteiger partial charge in [-0.15, -0.1) is 8.50 Å². The van der Waals surface area contributed by atoms with E-state index in [9.17, 15) is 8.42 Å². The minimum Gasteiger partial charge on any atom is -0.254 e. The largest absolute Gasteiger partial charge is 0.336 e. The summed E-state index contributed by atoms with van der Waals surface area (Å²) in [7, 11) is -2.60. The third-order valence-electron chi connectivity index (χ3n) is 1.34. The molecule has 0 bridgehead atoms. The van der Waals surface area contributed by atoms with Gasteiger partial charge < -0.3 is 0 Å². The van der Waals surface area contributed by atoms with Gasteiger partial charge in [-0.3, -0.25) is 5.84 Å². The summed E-state index contributed by atoms with van der Waals surface area (Å²) in [5, 5.41) is 3.69. The van der Waals surface area contributed by atoms with Crippen LogP contribution in [0.5, 0.6) is 0 Å². The molecule has 1 heterocycles. The first kappa shape index (κ1) is 10.5. The smallest absolute Gasteiger partial charge is 0.254 e. The minimum atomic E-state index is -3.80. The van der Waals surface area contributed by atoms with E-state index < -0.39 is 10.2 Å². The maximum absolute atomic E-state index is 11.4. The third-order valence-corrected chi connectivity index (χ3v) is 3.15. The van der Waals surface area contributed by atoms with Crippen LogP contribution in [0.2, 0.25) is 5.15 Å². The molecule has 8 heteroatoms. The Bertz CT molecular complexity index is 410. The first-order valence-electron chi connectivity index (χ1n) is 3.32. The number of rotatable bonds is 2. The van der Waals surface area contributed by atoms with E-state index in [1.807, 2.05) is 0 Å². The van der Waals surface area contributed by atoms with E-state index in [0.717, 1.165) is 0 Å². The Morgan fingerprint density at radius 1 is 1.69 bits per heavy atom. The highest BCUT2D eigenvalue weighted by atomic mass is 35.5. The second-order valence-corrected chi connectivity index (χ2v) is 4.68. The van der Waals surface area contributed by atoms with Crippen molar-refractivity contribution < 1.29 is 8.42 Å². The maximum atomic E-state index is 11.4. The van der Waals surface area contributed by atoms with E-state index in [4.69, 9.17) is 17.4 Å². The predicted molar refractivity (Wildman–Crippen MR) is 48.2 cm³/mol. The topological polar surface area (TPSA) is 81.2 Å². The first-order chi connectivity index (χ1) is 5.85. The molecule has 1 aromatic heterocycles. The van der Waals surface area contributed by atoms with Gasteiger partial charge in [0.05, 0.1) is 5.69 Å². The molecular weight excluding hydrogens is 216 g/mol. The van der Waals surface area contributed by atoms with Crippen LogP contribution >= 0.6 is 11.6 Å². The summed E-state index contributed by atoms with van der Waals surface area (Å²) in [6.07, 6.45) is 0. The summed E-state index contributed by atoms with van der Waals surface area (Å²) in [6, 6.07) is 1.43. The van der Waals surface area contributed by atoms with Crippen molar-refractivity contribution in [3.63, 3.8) is 0 Å². The van der Waals surface area contributed by atoms with Gasteiger partial charge in [0.15, 0.2) is 0 Å². The SMILES string of the molecule is Cc1cc(Cl)n(S(=O)(=O)N(C)N)n1. The molecule has 0 radical (unpaired) electrons. The molecule has 0 saturated heterocycles. The van der Waals surface area contributed by atoms with Crippen molar-refractivity contribution in [3.8, 4) is 0 Å². The number of aromatic nitrogens is 2. The third kappa shape index (κ3) is 1.83. The van der Waals surface area contributed by atoms with Gasteiger partial charge in [0, 0.05) is 7.05 Å². The van der Waals surface area contributed by atoms with Gasteiger partial charge >= 0.3 is 10.2 Å². The number of nitrogens with two attached hydrogens (primary N) is 1. The van der Waals surface area contributed by atoms with Gasteiger partial charge in [-0.25, -0.2) is 0 Å². The molecule has 0 fully saturated rings. The summed E-state index contributed by atoms with van der Waals surface area (Å²) >= 11 is 5.61. The highest BCUT2D eigenvalue weighted by Gasteiger charge is 2.21. The van der Waals surface area contributed by atoms with Crippen LogP contribution in [0.4, 0.5) is 0 Å². The van der Waals surface area contributed by atoms with Gasteiger partial charge in [-0.2, -0.15) is 13.5 Å². The molecule has 1 aromatic rings. The normalized spacial score (nSPS) is 12.4. The van der Waals surface area contributed by atoms with E-state index in [-0.39, 0.29) is 5.15 Å². The molecule has 2 N–H and O–H groups in total. The van der Waals surface area contributed by atoms with Crippen molar-refractivity contribution in [1.29, 1.82) is 0 Å². The molecule has 74 valence electrons. The summed E-state index contributed by atoms with van der Waals surface area (Å²) < 4.78 is 24.0. The van der Waals surface area contributed by atoms with E-state index in [1.165, 1.54) is 13.1 Å². The molecule has 13 heavy (non-hydrogen) atoms. The van der Waals surface area contributed by atoms with Gasteiger partial charge in [-0.05, 0) is 13.0 Å². The molecule has 0 unspecified atom stereocenters. The molecule has 0 spiro atoms. The van der Waals surface area contributed by atoms with E-state index >= 15 is 0 Å². The average molecular weight is 225 g/mol. The quantitative estimate of drug-likeness (QED) is 0.555. The van der Waals surface area contributed by atoms with Crippen LogP contribution in [0.3, 0.4) is 0 Å².